The van der Waals surface area contributed by atoms with E-state index < -0.39 is 24.2 Å². The van der Waals surface area contributed by atoms with Crippen LogP contribution in [-0.4, -0.2) is 35.9 Å². The number of ether oxygens (including phenoxy) is 3. The predicted molar refractivity (Wildman–Crippen MR) is 50.1 cm³/mol. The van der Waals surface area contributed by atoms with Crippen LogP contribution in [0.1, 0.15) is 6.92 Å². The summed E-state index contributed by atoms with van der Waals surface area (Å²) in [6.45, 7) is 1.48. The van der Waals surface area contributed by atoms with E-state index in [4.69, 9.17) is 9.47 Å². The lowest BCUT2D eigenvalue weighted by atomic mass is 9.96. The molecule has 0 N–H and O–H groups in total. The van der Waals surface area contributed by atoms with Gasteiger partial charge in [0.15, 0.2) is 0 Å². The van der Waals surface area contributed by atoms with Crippen molar-refractivity contribution >= 4 is 22.6 Å². The van der Waals surface area contributed by atoms with Crippen molar-refractivity contribution < 1.29 is 27.4 Å². The zero-order valence-corrected chi connectivity index (χ0v) is 9.76. The van der Waals surface area contributed by atoms with Crippen LogP contribution in [0.25, 0.3) is 0 Å². The largest absolute Gasteiger partial charge is 0.420 e. The molecule has 0 bridgehead atoms. The molecule has 0 aromatic rings. The fourth-order valence-electron chi connectivity index (χ4n) is 1.45. The van der Waals surface area contributed by atoms with Crippen LogP contribution in [0.2, 0.25) is 0 Å². The van der Waals surface area contributed by atoms with E-state index in [1.165, 1.54) is 14.0 Å². The van der Waals surface area contributed by atoms with Gasteiger partial charge in [-0.2, -0.15) is 13.2 Å². The van der Waals surface area contributed by atoms with E-state index in [9.17, 15) is 13.2 Å². The summed E-state index contributed by atoms with van der Waals surface area (Å²) in [6, 6.07) is 0. The molecule has 3 atom stereocenters. The van der Waals surface area contributed by atoms with Crippen LogP contribution in [0, 0.1) is 0 Å². The van der Waals surface area contributed by atoms with Crippen molar-refractivity contribution in [3.63, 3.8) is 0 Å². The van der Waals surface area contributed by atoms with Crippen LogP contribution in [0.15, 0.2) is 0 Å². The summed E-state index contributed by atoms with van der Waals surface area (Å²) in [7, 11) is 1.18. The molecule has 0 spiro atoms. The van der Waals surface area contributed by atoms with Crippen molar-refractivity contribution in [3.05, 3.63) is 0 Å². The first-order valence-electron chi connectivity index (χ1n) is 3.85. The Morgan fingerprint density at radius 2 is 2.07 bits per heavy atom. The van der Waals surface area contributed by atoms with Gasteiger partial charge in [0.1, 0.15) is 10.7 Å². The fraction of sp³-hybridized carbons (Fsp3) is 1.00. The van der Waals surface area contributed by atoms with Crippen LogP contribution in [0.4, 0.5) is 13.2 Å². The highest BCUT2D eigenvalue weighted by Crippen LogP contribution is 2.45. The van der Waals surface area contributed by atoms with Gasteiger partial charge in [-0.05, 0) is 6.92 Å². The molecule has 3 unspecified atom stereocenters. The quantitative estimate of drug-likeness (QED) is 0.452. The zero-order valence-electron chi connectivity index (χ0n) is 7.60. The number of hydrogen-bond donors (Lipinski definition) is 0. The standard InChI is InChI=1S/C7H10F3IO3/c1-4-6(12-2,13-3-11)5(14-4)7(8,9)10/h4-5H,3H2,1-2H3. The number of halogens is 4. The average Bonchev–Trinajstić information content (AvgIpc) is 2.08. The summed E-state index contributed by atoms with van der Waals surface area (Å²) < 4.78 is 51.7. The molecule has 0 saturated carbocycles. The fourth-order valence-corrected chi connectivity index (χ4v) is 1.94. The molecule has 0 aromatic carbocycles. The van der Waals surface area contributed by atoms with E-state index in [1.54, 1.807) is 0 Å². The normalized spacial score (nSPS) is 38.1. The van der Waals surface area contributed by atoms with E-state index in [0.29, 0.717) is 0 Å². The Kier molecular flexibility index (Phi) is 3.66. The second-order valence-corrected chi connectivity index (χ2v) is 3.50. The summed E-state index contributed by atoms with van der Waals surface area (Å²) in [4.78, 5) is 0. The van der Waals surface area contributed by atoms with E-state index in [0.717, 1.165) is 0 Å². The third kappa shape index (κ3) is 1.86. The lowest BCUT2D eigenvalue weighted by molar-refractivity contribution is -0.450. The maximum Gasteiger partial charge on any atom is 0.420 e. The molecule has 1 aliphatic heterocycles. The molecular weight excluding hydrogens is 316 g/mol. The lowest BCUT2D eigenvalue weighted by Crippen LogP contribution is -2.71. The molecule has 0 amide bonds. The van der Waals surface area contributed by atoms with Gasteiger partial charge in [0.05, 0.1) is 0 Å². The van der Waals surface area contributed by atoms with E-state index in [-0.39, 0.29) is 4.61 Å². The van der Waals surface area contributed by atoms with Crippen LogP contribution >= 0.6 is 22.6 Å². The summed E-state index contributed by atoms with van der Waals surface area (Å²) in [5.41, 5.74) is 0. The number of alkyl halides is 4. The minimum absolute atomic E-state index is 0.117. The maximum absolute atomic E-state index is 12.4. The van der Waals surface area contributed by atoms with Gasteiger partial charge in [-0.15, -0.1) is 0 Å². The molecule has 3 nitrogen and oxygen atoms in total. The monoisotopic (exact) mass is 326 g/mol. The molecule has 7 heteroatoms. The Bertz CT molecular complexity index is 211. The summed E-state index contributed by atoms with van der Waals surface area (Å²) in [6.07, 6.45) is -7.17. The molecule has 1 aliphatic rings. The molecule has 1 heterocycles. The van der Waals surface area contributed by atoms with Gasteiger partial charge in [0.2, 0.25) is 11.9 Å². The molecule has 1 rings (SSSR count). The number of hydrogen-bond acceptors (Lipinski definition) is 3. The van der Waals surface area contributed by atoms with Crippen molar-refractivity contribution in [2.24, 2.45) is 0 Å². The van der Waals surface area contributed by atoms with Crippen molar-refractivity contribution in [1.82, 2.24) is 0 Å². The Morgan fingerprint density at radius 3 is 2.36 bits per heavy atom. The molecule has 14 heavy (non-hydrogen) atoms. The summed E-state index contributed by atoms with van der Waals surface area (Å²) in [5.74, 6) is -1.68. The SMILES string of the molecule is COC1(OCI)C(C)OC1C(F)(F)F. The predicted octanol–water partition coefficient (Wildman–Crippen LogP) is 2.09. The highest BCUT2D eigenvalue weighted by atomic mass is 127. The Balaban J connectivity index is 2.80. The van der Waals surface area contributed by atoms with E-state index in [2.05, 4.69) is 4.74 Å². The van der Waals surface area contributed by atoms with Crippen molar-refractivity contribution in [3.8, 4) is 0 Å². The van der Waals surface area contributed by atoms with Crippen LogP contribution in [-0.2, 0) is 14.2 Å². The minimum atomic E-state index is -4.46. The van der Waals surface area contributed by atoms with Gasteiger partial charge in [-0.3, -0.25) is 0 Å². The third-order valence-corrected chi connectivity index (χ3v) is 2.48. The van der Waals surface area contributed by atoms with Gasteiger partial charge in [-0.1, -0.05) is 22.6 Å². The second kappa shape index (κ2) is 4.11. The Labute approximate surface area is 93.0 Å². The van der Waals surface area contributed by atoms with Crippen LogP contribution in [0.5, 0.6) is 0 Å². The zero-order chi connectivity index (χ0) is 11.0. The maximum atomic E-state index is 12.4. The summed E-state index contributed by atoms with van der Waals surface area (Å²) in [5, 5.41) is 0. The van der Waals surface area contributed by atoms with Crippen molar-refractivity contribution in [2.45, 2.75) is 31.1 Å². The molecule has 0 aliphatic carbocycles. The first kappa shape index (κ1) is 12.5. The molecule has 84 valence electrons. The van der Waals surface area contributed by atoms with Gasteiger partial charge < -0.3 is 14.2 Å². The van der Waals surface area contributed by atoms with Crippen molar-refractivity contribution in [2.75, 3.05) is 11.7 Å². The molecule has 0 aromatic heterocycles. The molecule has 1 saturated heterocycles. The van der Waals surface area contributed by atoms with Crippen LogP contribution in [0.3, 0.4) is 0 Å². The summed E-state index contributed by atoms with van der Waals surface area (Å²) >= 11 is 1.82. The lowest BCUT2D eigenvalue weighted by Gasteiger charge is -2.51. The van der Waals surface area contributed by atoms with Gasteiger partial charge in [-0.25, -0.2) is 0 Å². The Morgan fingerprint density at radius 1 is 1.50 bits per heavy atom. The molecular formula is C7H10F3IO3. The number of methoxy groups -OCH3 is 1. The van der Waals surface area contributed by atoms with Crippen LogP contribution < -0.4 is 0 Å². The smallest absolute Gasteiger partial charge is 0.355 e. The number of rotatable bonds is 3. The first-order chi connectivity index (χ1) is 6.38. The van der Waals surface area contributed by atoms with E-state index in [1.807, 2.05) is 22.6 Å². The van der Waals surface area contributed by atoms with Gasteiger partial charge >= 0.3 is 6.18 Å². The van der Waals surface area contributed by atoms with Gasteiger partial charge in [0, 0.05) is 7.11 Å². The minimum Gasteiger partial charge on any atom is -0.355 e. The average molecular weight is 326 g/mol. The van der Waals surface area contributed by atoms with E-state index >= 15 is 0 Å². The topological polar surface area (TPSA) is 27.7 Å². The molecule has 0 radical (unpaired) electrons. The first-order valence-corrected chi connectivity index (χ1v) is 5.38. The highest BCUT2D eigenvalue weighted by molar-refractivity contribution is 14.1. The Hall–Kier alpha value is 0.400. The van der Waals surface area contributed by atoms with Gasteiger partial charge in [0.25, 0.3) is 0 Å². The second-order valence-electron chi connectivity index (χ2n) is 2.88. The molecule has 1 fully saturated rings. The van der Waals surface area contributed by atoms with Crippen molar-refractivity contribution in [1.29, 1.82) is 0 Å². The highest BCUT2D eigenvalue weighted by Gasteiger charge is 2.68. The third-order valence-electron chi connectivity index (χ3n) is 2.17.